The van der Waals surface area contributed by atoms with Crippen LogP contribution in [0.3, 0.4) is 0 Å². The molecule has 204 valence electrons. The number of nitrogens with one attached hydrogen (secondary N) is 1. The summed E-state index contributed by atoms with van der Waals surface area (Å²) in [7, 11) is 0. The van der Waals surface area contributed by atoms with E-state index in [-0.39, 0.29) is 5.91 Å². The van der Waals surface area contributed by atoms with E-state index in [0.717, 1.165) is 37.2 Å². The summed E-state index contributed by atoms with van der Waals surface area (Å²) in [5, 5.41) is 4.81. The van der Waals surface area contributed by atoms with Crippen LogP contribution in [0.1, 0.15) is 45.1 Å². The van der Waals surface area contributed by atoms with Crippen LogP contribution in [0.25, 0.3) is 0 Å². The zero-order valence-electron chi connectivity index (χ0n) is 22.5. The maximum Gasteiger partial charge on any atom is 0.271 e. The quantitative estimate of drug-likeness (QED) is 0.177. The van der Waals surface area contributed by atoms with Crippen LogP contribution in [-0.4, -0.2) is 30.2 Å². The van der Waals surface area contributed by atoms with Crippen molar-refractivity contribution in [3.05, 3.63) is 129 Å². The van der Waals surface area contributed by atoms with Crippen LogP contribution in [0.5, 0.6) is 11.5 Å². The van der Waals surface area contributed by atoms with Crippen molar-refractivity contribution in [3.63, 3.8) is 0 Å². The smallest absolute Gasteiger partial charge is 0.271 e. The summed E-state index contributed by atoms with van der Waals surface area (Å²) in [4.78, 5) is 15.1. The molecule has 1 aliphatic rings. The predicted molar refractivity (Wildman–Crippen MR) is 159 cm³/mol. The maximum atomic E-state index is 12.7. The van der Waals surface area contributed by atoms with Crippen molar-refractivity contribution in [2.75, 3.05) is 13.2 Å². The van der Waals surface area contributed by atoms with Crippen molar-refractivity contribution in [1.82, 2.24) is 10.3 Å². The van der Waals surface area contributed by atoms with E-state index in [4.69, 9.17) is 21.1 Å². The highest BCUT2D eigenvalue weighted by Crippen LogP contribution is 2.29. The SMILES string of the molecule is CCOc1cc(C=NNC(=O)c2ccc(CN3CCc4ccccc4C3)cc2)ccc1OCc1cccc(Cl)c1. The molecule has 4 aromatic carbocycles. The molecule has 0 unspecified atom stereocenters. The molecule has 40 heavy (non-hydrogen) atoms. The molecule has 1 N–H and O–H groups in total. The number of amides is 1. The van der Waals surface area contributed by atoms with E-state index in [9.17, 15) is 4.79 Å². The van der Waals surface area contributed by atoms with Crippen LogP contribution in [0.15, 0.2) is 96.1 Å². The van der Waals surface area contributed by atoms with Crippen LogP contribution in [0.4, 0.5) is 0 Å². The summed E-state index contributed by atoms with van der Waals surface area (Å²) < 4.78 is 11.7. The summed E-state index contributed by atoms with van der Waals surface area (Å²) in [6, 6.07) is 29.4. The third-order valence-corrected chi connectivity index (χ3v) is 7.00. The highest BCUT2D eigenvalue weighted by molar-refractivity contribution is 6.30. The number of ether oxygens (including phenoxy) is 2. The molecular weight excluding hydrogens is 522 g/mol. The van der Waals surface area contributed by atoms with Gasteiger partial charge in [-0.1, -0.05) is 60.1 Å². The van der Waals surface area contributed by atoms with Gasteiger partial charge in [0.15, 0.2) is 11.5 Å². The molecule has 1 heterocycles. The van der Waals surface area contributed by atoms with Crippen molar-refractivity contribution >= 4 is 23.7 Å². The molecule has 1 amide bonds. The van der Waals surface area contributed by atoms with Crippen molar-refractivity contribution in [1.29, 1.82) is 0 Å². The van der Waals surface area contributed by atoms with E-state index >= 15 is 0 Å². The zero-order valence-corrected chi connectivity index (χ0v) is 23.2. The van der Waals surface area contributed by atoms with Gasteiger partial charge in [0.05, 0.1) is 12.8 Å². The number of fused-ring (bicyclic) bond motifs is 1. The number of hydrogen-bond acceptors (Lipinski definition) is 5. The number of hydrogen-bond donors (Lipinski definition) is 1. The number of hydrazone groups is 1. The molecule has 0 fully saturated rings. The average molecular weight is 554 g/mol. The van der Waals surface area contributed by atoms with Gasteiger partial charge in [0.2, 0.25) is 0 Å². The lowest BCUT2D eigenvalue weighted by atomic mass is 9.99. The molecule has 4 aromatic rings. The molecule has 0 saturated carbocycles. The fourth-order valence-electron chi connectivity index (χ4n) is 4.72. The molecule has 0 atom stereocenters. The molecule has 0 bridgehead atoms. The number of carbonyl (C=O) groups excluding carboxylic acids is 1. The predicted octanol–water partition coefficient (Wildman–Crippen LogP) is 6.64. The fraction of sp³-hybridized carbons (Fsp3) is 0.212. The Labute approximate surface area is 240 Å². The molecule has 7 heteroatoms. The van der Waals surface area contributed by atoms with Gasteiger partial charge in [-0.25, -0.2) is 5.43 Å². The topological polar surface area (TPSA) is 63.2 Å². The first-order chi connectivity index (χ1) is 19.6. The summed E-state index contributed by atoms with van der Waals surface area (Å²) >= 11 is 6.07. The molecule has 1 aliphatic heterocycles. The summed E-state index contributed by atoms with van der Waals surface area (Å²) in [5.41, 5.74) is 8.94. The van der Waals surface area contributed by atoms with Crippen molar-refractivity contribution in [3.8, 4) is 11.5 Å². The maximum absolute atomic E-state index is 12.7. The number of halogens is 1. The lowest BCUT2D eigenvalue weighted by molar-refractivity contribution is 0.0955. The first kappa shape index (κ1) is 27.4. The van der Waals surface area contributed by atoms with Gasteiger partial charge in [0.1, 0.15) is 6.61 Å². The summed E-state index contributed by atoms with van der Waals surface area (Å²) in [6.07, 6.45) is 2.66. The van der Waals surface area contributed by atoms with Gasteiger partial charge in [0.25, 0.3) is 5.91 Å². The molecule has 0 radical (unpaired) electrons. The number of nitrogens with zero attached hydrogens (tertiary/aromatic N) is 2. The Kier molecular flexibility index (Phi) is 9.11. The minimum Gasteiger partial charge on any atom is -0.490 e. The Hall–Kier alpha value is -4.13. The van der Waals surface area contributed by atoms with Gasteiger partial charge >= 0.3 is 0 Å². The first-order valence-corrected chi connectivity index (χ1v) is 13.8. The van der Waals surface area contributed by atoms with E-state index in [1.165, 1.54) is 16.7 Å². The largest absolute Gasteiger partial charge is 0.490 e. The summed E-state index contributed by atoms with van der Waals surface area (Å²) in [6.45, 7) is 5.62. The van der Waals surface area contributed by atoms with Gasteiger partial charge in [-0.2, -0.15) is 5.10 Å². The molecule has 0 aliphatic carbocycles. The highest BCUT2D eigenvalue weighted by Gasteiger charge is 2.16. The highest BCUT2D eigenvalue weighted by atomic mass is 35.5. The van der Waals surface area contributed by atoms with Gasteiger partial charge in [-0.05, 0) is 83.6 Å². The number of carbonyl (C=O) groups is 1. The summed E-state index contributed by atoms with van der Waals surface area (Å²) in [5.74, 6) is 0.964. The first-order valence-electron chi connectivity index (χ1n) is 13.4. The van der Waals surface area contributed by atoms with Crippen LogP contribution in [0, 0.1) is 0 Å². The van der Waals surface area contributed by atoms with Crippen molar-refractivity contribution in [2.45, 2.75) is 33.0 Å². The lowest BCUT2D eigenvalue weighted by Crippen LogP contribution is -2.30. The molecule has 0 saturated heterocycles. The second-order valence-electron chi connectivity index (χ2n) is 9.68. The average Bonchev–Trinajstić information content (AvgIpc) is 2.97. The number of benzene rings is 4. The molecule has 0 spiro atoms. The third kappa shape index (κ3) is 7.29. The van der Waals surface area contributed by atoms with E-state index in [2.05, 4.69) is 39.7 Å². The molecule has 6 nitrogen and oxygen atoms in total. The minimum absolute atomic E-state index is 0.263. The Morgan fingerprint density at radius 1 is 0.925 bits per heavy atom. The van der Waals surface area contributed by atoms with Gasteiger partial charge < -0.3 is 9.47 Å². The molecular formula is C33H32ClN3O3. The van der Waals surface area contributed by atoms with Gasteiger partial charge in [-0.3, -0.25) is 9.69 Å². The van der Waals surface area contributed by atoms with Crippen LogP contribution in [-0.2, 0) is 26.1 Å². The zero-order chi connectivity index (χ0) is 27.7. The van der Waals surface area contributed by atoms with Crippen LogP contribution < -0.4 is 14.9 Å². The van der Waals surface area contributed by atoms with Crippen molar-refractivity contribution < 1.29 is 14.3 Å². The van der Waals surface area contributed by atoms with Crippen LogP contribution >= 0.6 is 11.6 Å². The van der Waals surface area contributed by atoms with Gasteiger partial charge in [-0.15, -0.1) is 0 Å². The van der Waals surface area contributed by atoms with E-state index < -0.39 is 0 Å². The Morgan fingerprint density at radius 2 is 1.75 bits per heavy atom. The lowest BCUT2D eigenvalue weighted by Gasteiger charge is -2.28. The fourth-order valence-corrected chi connectivity index (χ4v) is 4.93. The second kappa shape index (κ2) is 13.3. The Bertz CT molecular complexity index is 1490. The monoisotopic (exact) mass is 553 g/mol. The van der Waals surface area contributed by atoms with E-state index in [1.54, 1.807) is 6.21 Å². The Morgan fingerprint density at radius 3 is 2.55 bits per heavy atom. The van der Waals surface area contributed by atoms with Gasteiger partial charge in [0, 0.05) is 30.2 Å². The third-order valence-electron chi connectivity index (χ3n) is 6.76. The standard InChI is InChI=1S/C33H32ClN3O3/c1-2-39-32-19-25(12-15-31(32)40-23-26-6-5-9-30(34)18-26)20-35-36-33(38)28-13-10-24(11-14-28)21-37-17-16-27-7-3-4-8-29(27)22-37/h3-15,18-20H,2,16-17,21-23H2,1H3,(H,36,38). The number of rotatable bonds is 10. The Balaban J connectivity index is 1.14. The second-order valence-corrected chi connectivity index (χ2v) is 10.1. The normalized spacial score (nSPS) is 13.2. The van der Waals surface area contributed by atoms with E-state index in [0.29, 0.717) is 35.3 Å². The minimum atomic E-state index is -0.263. The molecule has 5 rings (SSSR count). The van der Waals surface area contributed by atoms with Crippen molar-refractivity contribution in [2.24, 2.45) is 5.10 Å². The van der Waals surface area contributed by atoms with E-state index in [1.807, 2.05) is 73.7 Å². The van der Waals surface area contributed by atoms with Crippen LogP contribution in [0.2, 0.25) is 5.02 Å². The molecule has 0 aromatic heterocycles.